The summed E-state index contributed by atoms with van der Waals surface area (Å²) in [6.07, 6.45) is -15.2. The molecule has 11 N–H and O–H groups in total. The summed E-state index contributed by atoms with van der Waals surface area (Å²) in [5.41, 5.74) is -0.524. The Bertz CT molecular complexity index is 1980. The van der Waals surface area contributed by atoms with Crippen LogP contribution in [0.1, 0.15) is 105 Å². The van der Waals surface area contributed by atoms with Gasteiger partial charge in [0, 0.05) is 18.3 Å². The van der Waals surface area contributed by atoms with Crippen LogP contribution in [0.3, 0.4) is 0 Å². The Balaban J connectivity index is 0.851. The van der Waals surface area contributed by atoms with Crippen molar-refractivity contribution in [3.63, 3.8) is 0 Å². The minimum absolute atomic E-state index is 0.0305. The number of carbonyl (C=O) groups is 2. The molecule has 8 fully saturated rings. The maximum atomic E-state index is 12.5. The lowest BCUT2D eigenvalue weighted by atomic mass is 9.47. The summed E-state index contributed by atoms with van der Waals surface area (Å²) in [5.74, 6) is -0.908. The summed E-state index contributed by atoms with van der Waals surface area (Å²) < 4.78 is 55.5. The third-order valence-corrected chi connectivity index (χ3v) is 19.1. The van der Waals surface area contributed by atoms with E-state index in [1.165, 1.54) is 19.4 Å². The Morgan fingerprint density at radius 3 is 2.10 bits per heavy atom. The molecule has 0 radical (unpaired) electrons. The second kappa shape index (κ2) is 21.3. The molecule has 27 unspecified atom stereocenters. The molecule has 416 valence electrons. The number of carbonyl (C=O) groups excluding carboxylic acids is 1. The molecule has 5 aliphatic heterocycles. The highest BCUT2D eigenvalue weighted by Gasteiger charge is 2.69. The largest absolute Gasteiger partial charge is 0.481 e. The van der Waals surface area contributed by atoms with E-state index in [1.54, 1.807) is 0 Å². The number of ether oxygens (including phenoxy) is 9. The van der Waals surface area contributed by atoms with Gasteiger partial charge in [0.05, 0.1) is 63.2 Å². The molecule has 22 nitrogen and oxygen atoms in total. The Morgan fingerprint density at radius 1 is 0.753 bits per heavy atom. The average Bonchev–Trinajstić information content (AvgIpc) is 3.79. The normalized spacial score (nSPS) is 51.5. The van der Waals surface area contributed by atoms with Crippen molar-refractivity contribution >= 4 is 11.9 Å². The van der Waals surface area contributed by atoms with Crippen molar-refractivity contribution in [3.8, 4) is 0 Å². The van der Waals surface area contributed by atoms with Gasteiger partial charge in [-0.05, 0) is 99.7 Å². The SMILES string of the molecule is CC1OC(OC2C(OC3CCC4(C)C(=CCC5C4CCC4(C)C5CC5OC6(CCC(COC(=O)CC(C)(O)CC(=O)O)CO6)C(C)C54)C3)OC(CO)C(OC3OC(CO)C(O)C(O)C3O)C2O)C(O)C(O)C1O. The molecule has 0 bridgehead atoms. The van der Waals surface area contributed by atoms with E-state index >= 15 is 0 Å². The van der Waals surface area contributed by atoms with Crippen molar-refractivity contribution in [1.29, 1.82) is 0 Å². The van der Waals surface area contributed by atoms with E-state index in [0.717, 1.165) is 38.5 Å². The number of aliphatic hydroxyl groups excluding tert-OH is 9. The van der Waals surface area contributed by atoms with E-state index in [1.807, 2.05) is 0 Å². The zero-order valence-electron chi connectivity index (χ0n) is 42.4. The van der Waals surface area contributed by atoms with Crippen LogP contribution in [-0.2, 0) is 52.2 Å². The van der Waals surface area contributed by atoms with Gasteiger partial charge in [-0.1, -0.05) is 32.4 Å². The molecule has 27 atom stereocenters. The lowest BCUT2D eigenvalue weighted by molar-refractivity contribution is -0.389. The molecule has 9 rings (SSSR count). The molecule has 4 aliphatic carbocycles. The molecule has 3 saturated carbocycles. The molecule has 1 spiro atoms. The predicted molar refractivity (Wildman–Crippen MR) is 247 cm³/mol. The Morgan fingerprint density at radius 2 is 1.42 bits per heavy atom. The van der Waals surface area contributed by atoms with Gasteiger partial charge in [-0.25, -0.2) is 0 Å². The van der Waals surface area contributed by atoms with Gasteiger partial charge in [0.25, 0.3) is 0 Å². The van der Waals surface area contributed by atoms with Crippen LogP contribution in [0.2, 0.25) is 0 Å². The summed E-state index contributed by atoms with van der Waals surface area (Å²) in [6.45, 7) is 8.86. The third kappa shape index (κ3) is 10.3. The highest BCUT2D eigenvalue weighted by molar-refractivity contribution is 5.73. The van der Waals surface area contributed by atoms with Crippen molar-refractivity contribution in [2.75, 3.05) is 26.4 Å². The van der Waals surface area contributed by atoms with E-state index in [2.05, 4.69) is 26.8 Å². The molecular formula is C51H80O22. The van der Waals surface area contributed by atoms with Crippen LogP contribution in [0, 0.1) is 46.3 Å². The molecule has 22 heteroatoms. The van der Waals surface area contributed by atoms with Gasteiger partial charge in [-0.3, -0.25) is 9.59 Å². The van der Waals surface area contributed by atoms with Crippen molar-refractivity contribution in [3.05, 3.63) is 11.6 Å². The highest BCUT2D eigenvalue weighted by atomic mass is 16.8. The number of fused-ring (bicyclic) bond motifs is 7. The first kappa shape index (κ1) is 55.7. The Kier molecular flexibility index (Phi) is 16.3. The Hall–Kier alpha value is -2.04. The summed E-state index contributed by atoms with van der Waals surface area (Å²) in [5, 5.41) is 115. The number of hydrogen-bond acceptors (Lipinski definition) is 21. The maximum absolute atomic E-state index is 12.5. The molecule has 0 aromatic rings. The number of carboxylic acid groups (broad SMARTS) is 1. The van der Waals surface area contributed by atoms with E-state index in [9.17, 15) is 60.7 Å². The first-order valence-corrected chi connectivity index (χ1v) is 26.5. The summed E-state index contributed by atoms with van der Waals surface area (Å²) in [6, 6.07) is 0. The lowest BCUT2D eigenvalue weighted by Gasteiger charge is -2.59. The summed E-state index contributed by atoms with van der Waals surface area (Å²) in [4.78, 5) is 23.5. The van der Waals surface area contributed by atoms with Gasteiger partial charge in [0.1, 0.15) is 67.1 Å². The first-order chi connectivity index (χ1) is 34.4. The van der Waals surface area contributed by atoms with Crippen LogP contribution in [0.5, 0.6) is 0 Å². The maximum Gasteiger partial charge on any atom is 0.308 e. The van der Waals surface area contributed by atoms with Gasteiger partial charge >= 0.3 is 11.9 Å². The summed E-state index contributed by atoms with van der Waals surface area (Å²) in [7, 11) is 0. The van der Waals surface area contributed by atoms with Crippen LogP contribution < -0.4 is 0 Å². The lowest BCUT2D eigenvalue weighted by Crippen LogP contribution is -2.67. The van der Waals surface area contributed by atoms with Gasteiger partial charge in [0.2, 0.25) is 0 Å². The fourth-order valence-electron chi connectivity index (χ4n) is 15.1. The monoisotopic (exact) mass is 1040 g/mol. The van der Waals surface area contributed by atoms with E-state index < -0.39 is 148 Å². The molecule has 9 aliphatic rings. The summed E-state index contributed by atoms with van der Waals surface area (Å²) >= 11 is 0. The zero-order valence-corrected chi connectivity index (χ0v) is 42.4. The van der Waals surface area contributed by atoms with Crippen LogP contribution >= 0.6 is 0 Å². The predicted octanol–water partition coefficient (Wildman–Crippen LogP) is -0.647. The standard InChI is InChI=1S/C51H80O22/c1-22-35-30(73-51(22)13-8-24(21-66-51)20-65-34(56)17-48(3,64)16-33(54)55)15-29-27-7-6-25-14-26(9-11-49(25,4)28(27)10-12-50(29,35)5)68-47-44(72-45-40(61)38(59)36(57)23(2)67-45)42(63)43(32(19-53)70-47)71-46-41(62)39(60)37(58)31(18-52)69-46/h6,22-24,26-32,35-47,52-53,57-64H,7-21H2,1-5H3,(H,54,55). The van der Waals surface area contributed by atoms with E-state index in [-0.39, 0.29) is 35.4 Å². The van der Waals surface area contributed by atoms with E-state index in [0.29, 0.717) is 49.5 Å². The van der Waals surface area contributed by atoms with Crippen LogP contribution in [0.25, 0.3) is 0 Å². The third-order valence-electron chi connectivity index (χ3n) is 19.1. The van der Waals surface area contributed by atoms with Crippen molar-refractivity contribution in [2.45, 2.75) is 221 Å². The molecule has 0 amide bonds. The van der Waals surface area contributed by atoms with Crippen molar-refractivity contribution < 1.29 is 108 Å². The van der Waals surface area contributed by atoms with Gasteiger partial charge < -0.3 is 98.8 Å². The van der Waals surface area contributed by atoms with Gasteiger partial charge in [-0.15, -0.1) is 0 Å². The topological polar surface area (TPSA) is 340 Å². The van der Waals surface area contributed by atoms with Crippen molar-refractivity contribution in [2.24, 2.45) is 46.3 Å². The quantitative estimate of drug-likeness (QED) is 0.0761. The van der Waals surface area contributed by atoms with Gasteiger partial charge in [0.15, 0.2) is 24.7 Å². The van der Waals surface area contributed by atoms with Crippen LogP contribution in [0.15, 0.2) is 11.6 Å². The number of esters is 1. The minimum atomic E-state index is -1.85. The molecule has 5 heterocycles. The minimum Gasteiger partial charge on any atom is -0.481 e. The van der Waals surface area contributed by atoms with Crippen LogP contribution in [0.4, 0.5) is 0 Å². The average molecular weight is 1050 g/mol. The van der Waals surface area contributed by atoms with Crippen LogP contribution in [-0.4, -0.2) is 210 Å². The van der Waals surface area contributed by atoms with Gasteiger partial charge in [-0.2, -0.15) is 0 Å². The molecule has 0 aromatic heterocycles. The number of aliphatic hydroxyl groups is 10. The molecule has 5 saturated heterocycles. The second-order valence-electron chi connectivity index (χ2n) is 23.8. The number of aliphatic carboxylic acids is 1. The second-order valence-corrected chi connectivity index (χ2v) is 23.8. The fraction of sp³-hybridized carbons (Fsp3) is 0.922. The first-order valence-electron chi connectivity index (χ1n) is 26.5. The number of hydrogen-bond donors (Lipinski definition) is 11. The number of carboxylic acids is 1. The van der Waals surface area contributed by atoms with Crippen molar-refractivity contribution in [1.82, 2.24) is 0 Å². The zero-order chi connectivity index (χ0) is 52.7. The molecule has 0 aromatic carbocycles. The molecule has 73 heavy (non-hydrogen) atoms. The highest BCUT2D eigenvalue weighted by Crippen LogP contribution is 2.71. The molecular weight excluding hydrogens is 965 g/mol. The Labute approximate surface area is 424 Å². The number of allylic oxidation sites excluding steroid dienone is 1. The van der Waals surface area contributed by atoms with E-state index in [4.69, 9.17) is 47.7 Å². The smallest absolute Gasteiger partial charge is 0.308 e. The fourth-order valence-corrected chi connectivity index (χ4v) is 15.1. The number of rotatable bonds is 14.